The standard InChI is InChI=1S/C34H32Cl2F2N2O6/c35-25-13-7-15-27(37)23(25)17-39-33(43)31(45-19-21-9-3-1-4-10-21)29(41)30(42)32(46-20-22-11-5-2-6-12-22)34(44)40-18-24-26(36)14-8-16-28(24)38/h1-16,29-32,41-42H,17-20H2,(H,39,43)(H,40,44)/t29-,30-,31-,32-/m1/s1. The molecule has 0 aliphatic rings. The first-order valence-corrected chi connectivity index (χ1v) is 15.0. The SMILES string of the molecule is O=C(NCc1c(F)cccc1Cl)[C@H](OCc1ccccc1)[C@H](O)[C@@H](O)[C@@H](OCc1ccccc1)C(=O)NCc1c(F)cccc1Cl. The Balaban J connectivity index is 1.56. The second-order valence-corrected chi connectivity index (χ2v) is 11.1. The number of aliphatic hydroxyl groups is 2. The Morgan fingerprint density at radius 1 is 0.609 bits per heavy atom. The number of rotatable bonds is 15. The van der Waals surface area contributed by atoms with E-state index in [1.165, 1.54) is 36.4 Å². The summed E-state index contributed by atoms with van der Waals surface area (Å²) in [4.78, 5) is 26.8. The van der Waals surface area contributed by atoms with E-state index in [1.54, 1.807) is 60.7 Å². The summed E-state index contributed by atoms with van der Waals surface area (Å²) in [6, 6.07) is 25.6. The highest BCUT2D eigenvalue weighted by molar-refractivity contribution is 6.31. The minimum absolute atomic E-state index is 0.00428. The molecular weight excluding hydrogens is 641 g/mol. The van der Waals surface area contributed by atoms with E-state index in [-0.39, 0.29) is 47.5 Å². The zero-order valence-corrected chi connectivity index (χ0v) is 25.9. The summed E-state index contributed by atoms with van der Waals surface area (Å²) in [5, 5.41) is 27.8. The van der Waals surface area contributed by atoms with Crippen molar-refractivity contribution in [1.82, 2.24) is 10.6 Å². The molecule has 0 aromatic heterocycles. The zero-order chi connectivity index (χ0) is 33.1. The number of hydrogen-bond donors (Lipinski definition) is 4. The molecule has 0 saturated carbocycles. The Morgan fingerprint density at radius 3 is 1.33 bits per heavy atom. The van der Waals surface area contributed by atoms with Crippen molar-refractivity contribution in [1.29, 1.82) is 0 Å². The van der Waals surface area contributed by atoms with Crippen molar-refractivity contribution < 1.29 is 38.1 Å². The quantitative estimate of drug-likeness (QED) is 0.140. The summed E-state index contributed by atoms with van der Waals surface area (Å²) < 4.78 is 40.3. The van der Waals surface area contributed by atoms with Crippen LogP contribution in [-0.2, 0) is 45.4 Å². The van der Waals surface area contributed by atoms with Gasteiger partial charge in [0.1, 0.15) is 23.8 Å². The highest BCUT2D eigenvalue weighted by Crippen LogP contribution is 2.21. The third-order valence-electron chi connectivity index (χ3n) is 7.03. The number of ether oxygens (including phenoxy) is 2. The predicted molar refractivity (Wildman–Crippen MR) is 169 cm³/mol. The molecule has 0 bridgehead atoms. The van der Waals surface area contributed by atoms with Crippen molar-refractivity contribution in [3.05, 3.63) is 141 Å². The van der Waals surface area contributed by atoms with Crippen molar-refractivity contribution in [3.63, 3.8) is 0 Å². The molecule has 4 aromatic carbocycles. The van der Waals surface area contributed by atoms with Gasteiger partial charge in [-0.2, -0.15) is 0 Å². The molecule has 46 heavy (non-hydrogen) atoms. The fraction of sp³-hybridized carbons (Fsp3) is 0.235. The van der Waals surface area contributed by atoms with Crippen molar-refractivity contribution >= 4 is 35.0 Å². The fourth-order valence-electron chi connectivity index (χ4n) is 4.49. The Hall–Kier alpha value is -3.90. The number of carbonyl (C=O) groups is 2. The summed E-state index contributed by atoms with van der Waals surface area (Å²) in [5.74, 6) is -3.14. The highest BCUT2D eigenvalue weighted by Gasteiger charge is 2.41. The maximum absolute atomic E-state index is 14.4. The molecule has 8 nitrogen and oxygen atoms in total. The number of amides is 2. The second kappa shape index (κ2) is 17.1. The van der Waals surface area contributed by atoms with Crippen LogP contribution in [-0.4, -0.2) is 46.4 Å². The molecule has 12 heteroatoms. The summed E-state index contributed by atoms with van der Waals surface area (Å²) in [5.41, 5.74) is 1.31. The van der Waals surface area contributed by atoms with E-state index in [2.05, 4.69) is 10.6 Å². The minimum atomic E-state index is -2.02. The summed E-state index contributed by atoms with van der Waals surface area (Å²) in [6.45, 7) is -1.01. The van der Waals surface area contributed by atoms with Crippen molar-refractivity contribution in [3.8, 4) is 0 Å². The van der Waals surface area contributed by atoms with Gasteiger partial charge in [-0.25, -0.2) is 8.78 Å². The lowest BCUT2D eigenvalue weighted by Gasteiger charge is -2.31. The molecule has 0 heterocycles. The van der Waals surface area contributed by atoms with Gasteiger partial charge in [-0.15, -0.1) is 0 Å². The van der Waals surface area contributed by atoms with Crippen LogP contribution in [0.5, 0.6) is 0 Å². The van der Waals surface area contributed by atoms with Gasteiger partial charge in [-0.1, -0.05) is 96.0 Å². The first-order chi connectivity index (χ1) is 22.2. The maximum atomic E-state index is 14.4. The molecule has 4 atom stereocenters. The van der Waals surface area contributed by atoms with E-state index in [9.17, 15) is 28.6 Å². The van der Waals surface area contributed by atoms with E-state index in [0.29, 0.717) is 11.1 Å². The van der Waals surface area contributed by atoms with Gasteiger partial charge in [0, 0.05) is 34.3 Å². The number of nitrogens with one attached hydrogen (secondary N) is 2. The first kappa shape index (κ1) is 35.0. The van der Waals surface area contributed by atoms with Gasteiger partial charge in [0.15, 0.2) is 12.2 Å². The first-order valence-electron chi connectivity index (χ1n) is 14.2. The third kappa shape index (κ3) is 9.56. The Kier molecular flexibility index (Phi) is 13.0. The molecule has 0 saturated heterocycles. The van der Waals surface area contributed by atoms with Gasteiger partial charge in [0.05, 0.1) is 13.2 Å². The predicted octanol–water partition coefficient (Wildman–Crippen LogP) is 5.10. The molecule has 0 aliphatic heterocycles. The summed E-state index contributed by atoms with van der Waals surface area (Å²) >= 11 is 12.2. The maximum Gasteiger partial charge on any atom is 0.252 e. The van der Waals surface area contributed by atoms with Crippen LogP contribution in [0, 0.1) is 11.6 Å². The van der Waals surface area contributed by atoms with E-state index in [4.69, 9.17) is 32.7 Å². The van der Waals surface area contributed by atoms with Crippen molar-refractivity contribution in [2.75, 3.05) is 0 Å². The Bertz CT molecular complexity index is 1440. The lowest BCUT2D eigenvalue weighted by Crippen LogP contribution is -2.56. The van der Waals surface area contributed by atoms with Gasteiger partial charge in [-0.05, 0) is 35.4 Å². The summed E-state index contributed by atoms with van der Waals surface area (Å²) in [7, 11) is 0. The van der Waals surface area contributed by atoms with Crippen LogP contribution in [0.15, 0.2) is 97.1 Å². The molecule has 0 fully saturated rings. The molecule has 0 spiro atoms. The molecule has 0 radical (unpaired) electrons. The molecule has 242 valence electrons. The van der Waals surface area contributed by atoms with Gasteiger partial charge >= 0.3 is 0 Å². The van der Waals surface area contributed by atoms with Crippen molar-refractivity contribution in [2.45, 2.75) is 50.7 Å². The molecule has 4 aromatic rings. The van der Waals surface area contributed by atoms with Gasteiger partial charge < -0.3 is 30.3 Å². The van der Waals surface area contributed by atoms with Crippen LogP contribution in [0.3, 0.4) is 0 Å². The van der Waals surface area contributed by atoms with Crippen LogP contribution in [0.1, 0.15) is 22.3 Å². The van der Waals surface area contributed by atoms with Gasteiger partial charge in [0.2, 0.25) is 0 Å². The lowest BCUT2D eigenvalue weighted by atomic mass is 10.0. The molecule has 0 aliphatic carbocycles. The van der Waals surface area contributed by atoms with E-state index < -0.39 is 47.9 Å². The minimum Gasteiger partial charge on any atom is -0.387 e. The average Bonchev–Trinajstić information content (AvgIpc) is 3.05. The lowest BCUT2D eigenvalue weighted by molar-refractivity contribution is -0.170. The van der Waals surface area contributed by atoms with Crippen LogP contribution in [0.25, 0.3) is 0 Å². The number of aliphatic hydroxyl groups excluding tert-OH is 2. The fourth-order valence-corrected chi connectivity index (χ4v) is 4.95. The van der Waals surface area contributed by atoms with E-state index >= 15 is 0 Å². The molecule has 2 amide bonds. The molecule has 0 unspecified atom stereocenters. The average molecular weight is 674 g/mol. The van der Waals surface area contributed by atoms with E-state index in [1.807, 2.05) is 0 Å². The third-order valence-corrected chi connectivity index (χ3v) is 7.74. The largest absolute Gasteiger partial charge is 0.387 e. The Labute approximate surface area is 274 Å². The van der Waals surface area contributed by atoms with E-state index in [0.717, 1.165) is 0 Å². The van der Waals surface area contributed by atoms with Crippen LogP contribution >= 0.6 is 23.2 Å². The molecular formula is C34H32Cl2F2N2O6. The van der Waals surface area contributed by atoms with Gasteiger partial charge in [0.25, 0.3) is 11.8 Å². The zero-order valence-electron chi connectivity index (χ0n) is 24.4. The molecule has 4 N–H and O–H groups in total. The molecule has 4 rings (SSSR count). The number of carbonyl (C=O) groups excluding carboxylic acids is 2. The van der Waals surface area contributed by atoms with Gasteiger partial charge in [-0.3, -0.25) is 9.59 Å². The number of halogens is 4. The van der Waals surface area contributed by atoms with Crippen molar-refractivity contribution in [2.24, 2.45) is 0 Å². The normalized spacial score (nSPS) is 13.8. The van der Waals surface area contributed by atoms with Crippen LogP contribution in [0.4, 0.5) is 8.78 Å². The summed E-state index contributed by atoms with van der Waals surface area (Å²) in [6.07, 6.45) is -7.55. The van der Waals surface area contributed by atoms with Crippen LogP contribution < -0.4 is 10.6 Å². The Morgan fingerprint density at radius 2 is 0.978 bits per heavy atom. The monoisotopic (exact) mass is 672 g/mol. The smallest absolute Gasteiger partial charge is 0.252 e. The highest BCUT2D eigenvalue weighted by atomic mass is 35.5. The topological polar surface area (TPSA) is 117 Å². The van der Waals surface area contributed by atoms with Crippen LogP contribution in [0.2, 0.25) is 10.0 Å². The number of hydrogen-bond acceptors (Lipinski definition) is 6. The second-order valence-electron chi connectivity index (χ2n) is 10.3. The number of benzene rings is 4.